The van der Waals surface area contributed by atoms with Crippen LogP contribution in [-0.4, -0.2) is 5.75 Å². The summed E-state index contributed by atoms with van der Waals surface area (Å²) in [5.74, 6) is 1.86. The molecule has 0 atom stereocenters. The van der Waals surface area contributed by atoms with Crippen LogP contribution in [0.3, 0.4) is 0 Å². The average Bonchev–Trinajstić information content (AvgIpc) is 3.00. The minimum absolute atomic E-state index is 0.654. The summed E-state index contributed by atoms with van der Waals surface area (Å²) in [7, 11) is 0. The Morgan fingerprint density at radius 3 is 1.70 bits per heavy atom. The molecule has 1 heteroatoms. The number of aryl methyl sites for hydroxylation is 5. The van der Waals surface area contributed by atoms with Gasteiger partial charge in [-0.25, -0.2) is 0 Å². The molecule has 3 aromatic rings. The van der Waals surface area contributed by atoms with Crippen LogP contribution in [0.4, 0.5) is 0 Å². The molecular formula is C42H66S. The molecule has 3 aromatic carbocycles. The summed E-state index contributed by atoms with van der Waals surface area (Å²) in [6.45, 7) is 34.2. The van der Waals surface area contributed by atoms with Crippen LogP contribution in [0.1, 0.15) is 130 Å². The van der Waals surface area contributed by atoms with Crippen molar-refractivity contribution in [1.82, 2.24) is 0 Å². The molecule has 0 aliphatic rings. The zero-order valence-corrected chi connectivity index (χ0v) is 30.9. The van der Waals surface area contributed by atoms with Gasteiger partial charge >= 0.3 is 0 Å². The van der Waals surface area contributed by atoms with Crippen molar-refractivity contribution in [2.45, 2.75) is 127 Å². The van der Waals surface area contributed by atoms with E-state index in [-0.39, 0.29) is 0 Å². The third-order valence-corrected chi connectivity index (χ3v) is 8.46. The van der Waals surface area contributed by atoms with Gasteiger partial charge in [0.2, 0.25) is 0 Å². The van der Waals surface area contributed by atoms with E-state index >= 15 is 0 Å². The quantitative estimate of drug-likeness (QED) is 0.164. The molecule has 0 aliphatic carbocycles. The van der Waals surface area contributed by atoms with Gasteiger partial charge in [-0.15, -0.1) is 24.9 Å². The van der Waals surface area contributed by atoms with Gasteiger partial charge in [-0.1, -0.05) is 146 Å². The van der Waals surface area contributed by atoms with Crippen molar-refractivity contribution in [3.63, 3.8) is 0 Å². The van der Waals surface area contributed by atoms with Crippen LogP contribution >= 0.6 is 11.8 Å². The van der Waals surface area contributed by atoms with Crippen molar-refractivity contribution in [3.05, 3.63) is 125 Å². The van der Waals surface area contributed by atoms with E-state index in [9.17, 15) is 0 Å². The SMILES string of the molecule is C=C.C=C(SCCCCCCC)c1cccc(C)c1C.CCCC.Cc1ccc(C)c(C)c1.Cc1ccccc1C(C)C. The van der Waals surface area contributed by atoms with Gasteiger partial charge in [0.1, 0.15) is 0 Å². The Labute approximate surface area is 273 Å². The Morgan fingerprint density at radius 1 is 0.628 bits per heavy atom. The normalized spacial score (nSPS) is 9.67. The number of benzene rings is 3. The molecule has 240 valence electrons. The predicted octanol–water partition coefficient (Wildman–Crippen LogP) is 14.3. The smallest absolute Gasteiger partial charge is 0.00753 e. The number of hydrogen-bond donors (Lipinski definition) is 0. The van der Waals surface area contributed by atoms with Crippen molar-refractivity contribution in [2.75, 3.05) is 5.75 Å². The van der Waals surface area contributed by atoms with Gasteiger partial charge in [-0.05, 0) is 98.6 Å². The molecule has 0 unspecified atom stereocenters. The largest absolute Gasteiger partial charge is 0.126 e. The van der Waals surface area contributed by atoms with Crippen LogP contribution in [0.5, 0.6) is 0 Å². The standard InChI is InChI=1S/C17H26S.C10H14.C9H12.C4H10.C2H4/c1-5-6-7-8-9-13-18-16(4)17-12-10-11-14(2)15(17)3;1-8(2)10-7-5-4-6-9(10)3;1-7-4-5-8(2)9(3)6-7;1-3-4-2;1-2/h10-12H,4-9,13H2,1-3H3;4-8H,1-3H3;4-6H,1-3H3;3-4H2,1-2H3;1-2H2. The molecule has 0 fully saturated rings. The fraction of sp³-hybridized carbons (Fsp3) is 0.476. The van der Waals surface area contributed by atoms with Crippen LogP contribution in [0, 0.1) is 41.5 Å². The minimum Gasteiger partial charge on any atom is -0.126 e. The fourth-order valence-corrected chi connectivity index (χ4v) is 5.13. The zero-order chi connectivity index (χ0) is 33.2. The van der Waals surface area contributed by atoms with E-state index in [0.717, 1.165) is 0 Å². The van der Waals surface area contributed by atoms with Gasteiger partial charge in [0, 0.05) is 4.91 Å². The first-order valence-electron chi connectivity index (χ1n) is 16.5. The van der Waals surface area contributed by atoms with E-state index in [1.807, 2.05) is 11.8 Å². The highest BCUT2D eigenvalue weighted by Gasteiger charge is 2.05. The van der Waals surface area contributed by atoms with E-state index < -0.39 is 0 Å². The summed E-state index contributed by atoms with van der Waals surface area (Å²) < 4.78 is 0. The number of thioether (sulfide) groups is 1. The lowest BCUT2D eigenvalue weighted by Crippen LogP contribution is -1.90. The fourth-order valence-electron chi connectivity index (χ4n) is 4.16. The number of rotatable bonds is 10. The zero-order valence-electron chi connectivity index (χ0n) is 30.0. The van der Waals surface area contributed by atoms with E-state index in [0.29, 0.717) is 5.92 Å². The maximum atomic E-state index is 4.22. The van der Waals surface area contributed by atoms with Crippen LogP contribution < -0.4 is 0 Å². The first kappa shape index (κ1) is 42.6. The van der Waals surface area contributed by atoms with E-state index in [1.165, 1.54) is 100 Å². The van der Waals surface area contributed by atoms with Crippen molar-refractivity contribution < 1.29 is 0 Å². The van der Waals surface area contributed by atoms with Gasteiger partial charge in [-0.2, -0.15) is 0 Å². The van der Waals surface area contributed by atoms with E-state index in [1.54, 1.807) is 0 Å². The number of unbranched alkanes of at least 4 members (excludes halogenated alkanes) is 5. The maximum Gasteiger partial charge on any atom is 0.00753 e. The first-order valence-corrected chi connectivity index (χ1v) is 17.5. The third-order valence-electron chi connectivity index (χ3n) is 7.40. The summed E-state index contributed by atoms with van der Waals surface area (Å²) in [5, 5.41) is 0. The Hall–Kier alpha value is -2.51. The predicted molar refractivity (Wildman–Crippen MR) is 204 cm³/mol. The van der Waals surface area contributed by atoms with Gasteiger partial charge in [0.25, 0.3) is 0 Å². The molecule has 0 amide bonds. The molecule has 3 rings (SSSR count). The lowest BCUT2D eigenvalue weighted by atomic mass is 9.99. The highest BCUT2D eigenvalue weighted by atomic mass is 32.2. The van der Waals surface area contributed by atoms with E-state index in [2.05, 4.69) is 157 Å². The van der Waals surface area contributed by atoms with E-state index in [4.69, 9.17) is 0 Å². The Balaban J connectivity index is 0. The molecule has 0 heterocycles. The van der Waals surface area contributed by atoms with Crippen LogP contribution in [0.2, 0.25) is 0 Å². The van der Waals surface area contributed by atoms with Crippen LogP contribution in [-0.2, 0) is 0 Å². The molecule has 0 N–H and O–H groups in total. The molecule has 0 spiro atoms. The highest BCUT2D eigenvalue weighted by Crippen LogP contribution is 2.30. The molecule has 0 radical (unpaired) electrons. The lowest BCUT2D eigenvalue weighted by molar-refractivity contribution is 0.659. The Kier molecular flexibility index (Phi) is 26.8. The molecule has 0 nitrogen and oxygen atoms in total. The van der Waals surface area contributed by atoms with Crippen molar-refractivity contribution >= 4 is 16.7 Å². The Bertz CT molecular complexity index is 1120. The van der Waals surface area contributed by atoms with Gasteiger partial charge in [-0.3, -0.25) is 0 Å². The second-order valence-corrected chi connectivity index (χ2v) is 12.7. The third kappa shape index (κ3) is 20.1. The monoisotopic (exact) mass is 602 g/mol. The second kappa shape index (κ2) is 27.1. The van der Waals surface area contributed by atoms with Crippen LogP contribution in [0.15, 0.2) is 80.4 Å². The summed E-state index contributed by atoms with van der Waals surface area (Å²) in [4.78, 5) is 1.23. The molecule has 0 saturated heterocycles. The van der Waals surface area contributed by atoms with Gasteiger partial charge in [0.05, 0.1) is 0 Å². The number of hydrogen-bond acceptors (Lipinski definition) is 1. The molecular weight excluding hydrogens is 537 g/mol. The molecule has 43 heavy (non-hydrogen) atoms. The summed E-state index contributed by atoms with van der Waals surface area (Å²) in [6, 6.07) is 21.5. The summed E-state index contributed by atoms with van der Waals surface area (Å²) in [6.07, 6.45) is 9.40. The minimum atomic E-state index is 0.654. The lowest BCUT2D eigenvalue weighted by Gasteiger charge is -2.11. The summed E-state index contributed by atoms with van der Waals surface area (Å²) >= 11 is 1.92. The topological polar surface area (TPSA) is 0 Å². The highest BCUT2D eigenvalue weighted by molar-refractivity contribution is 8.08. The second-order valence-electron chi connectivity index (χ2n) is 11.5. The molecule has 0 aromatic heterocycles. The van der Waals surface area contributed by atoms with Gasteiger partial charge in [0.15, 0.2) is 0 Å². The maximum absolute atomic E-state index is 4.22. The molecule has 0 aliphatic heterocycles. The molecule has 0 saturated carbocycles. The summed E-state index contributed by atoms with van der Waals surface area (Å²) in [5.41, 5.74) is 11.0. The van der Waals surface area contributed by atoms with Crippen LogP contribution in [0.25, 0.3) is 4.91 Å². The van der Waals surface area contributed by atoms with Gasteiger partial charge < -0.3 is 0 Å². The first-order chi connectivity index (χ1) is 20.5. The molecule has 0 bridgehead atoms. The van der Waals surface area contributed by atoms with Crippen molar-refractivity contribution in [2.24, 2.45) is 0 Å². The van der Waals surface area contributed by atoms with Crippen molar-refractivity contribution in [3.8, 4) is 0 Å². The van der Waals surface area contributed by atoms with Crippen molar-refractivity contribution in [1.29, 1.82) is 0 Å². The Morgan fingerprint density at radius 2 is 1.21 bits per heavy atom. The average molecular weight is 603 g/mol.